The molecule has 2 nitrogen and oxygen atoms in total. The maximum absolute atomic E-state index is 5.00. The van der Waals surface area contributed by atoms with Crippen LogP contribution in [0.3, 0.4) is 0 Å². The van der Waals surface area contributed by atoms with E-state index in [9.17, 15) is 0 Å². The summed E-state index contributed by atoms with van der Waals surface area (Å²) in [6.45, 7) is 10.2. The Bertz CT molecular complexity index is 391. The van der Waals surface area contributed by atoms with Gasteiger partial charge in [-0.05, 0) is 44.6 Å². The first-order valence-electron chi connectivity index (χ1n) is 7.89. The summed E-state index contributed by atoms with van der Waals surface area (Å²) in [5.41, 5.74) is 1.50. The van der Waals surface area contributed by atoms with Gasteiger partial charge in [-0.1, -0.05) is 34.1 Å². The summed E-state index contributed by atoms with van der Waals surface area (Å²) >= 11 is 1.97. The van der Waals surface area contributed by atoms with Gasteiger partial charge >= 0.3 is 0 Å². The van der Waals surface area contributed by atoms with Crippen LogP contribution in [0, 0.1) is 5.92 Å². The highest BCUT2D eigenvalue weighted by Crippen LogP contribution is 2.39. The molecule has 1 aromatic rings. The lowest BCUT2D eigenvalue weighted by atomic mass is 9.85. The fourth-order valence-electron chi connectivity index (χ4n) is 3.13. The van der Waals surface area contributed by atoms with Crippen LogP contribution in [0.5, 0.6) is 0 Å². The first-order valence-corrected chi connectivity index (χ1v) is 8.70. The van der Waals surface area contributed by atoms with Crippen LogP contribution in [-0.2, 0) is 18.4 Å². The number of fused-ring (bicyclic) bond motifs is 1. The van der Waals surface area contributed by atoms with Crippen molar-refractivity contribution in [3.63, 3.8) is 0 Å². The molecular formula is C16H28N2S. The molecule has 0 saturated heterocycles. The van der Waals surface area contributed by atoms with E-state index < -0.39 is 0 Å². The van der Waals surface area contributed by atoms with Gasteiger partial charge in [0.15, 0.2) is 0 Å². The minimum Gasteiger partial charge on any atom is -0.306 e. The highest BCUT2D eigenvalue weighted by atomic mass is 32.1. The van der Waals surface area contributed by atoms with Crippen LogP contribution >= 0.6 is 11.3 Å². The Morgan fingerprint density at radius 1 is 1.32 bits per heavy atom. The van der Waals surface area contributed by atoms with Crippen LogP contribution in [0.15, 0.2) is 0 Å². The second-order valence-electron chi connectivity index (χ2n) is 5.93. The maximum atomic E-state index is 5.00. The van der Waals surface area contributed by atoms with Crippen molar-refractivity contribution in [3.05, 3.63) is 15.6 Å². The normalized spacial score (nSPS) is 19.2. The van der Waals surface area contributed by atoms with Crippen molar-refractivity contribution in [2.45, 2.75) is 71.8 Å². The lowest BCUT2D eigenvalue weighted by Gasteiger charge is -2.34. The van der Waals surface area contributed by atoms with E-state index in [4.69, 9.17) is 4.98 Å². The monoisotopic (exact) mass is 280 g/mol. The zero-order valence-corrected chi connectivity index (χ0v) is 13.7. The summed E-state index contributed by atoms with van der Waals surface area (Å²) in [6.07, 6.45) is 7.35. The highest BCUT2D eigenvalue weighted by molar-refractivity contribution is 7.12. The molecule has 0 bridgehead atoms. The van der Waals surface area contributed by atoms with E-state index in [1.54, 1.807) is 4.88 Å². The van der Waals surface area contributed by atoms with Crippen LogP contribution in [0.4, 0.5) is 0 Å². The average molecular weight is 280 g/mol. The van der Waals surface area contributed by atoms with E-state index >= 15 is 0 Å². The molecule has 0 spiro atoms. The molecule has 0 aliphatic heterocycles. The van der Waals surface area contributed by atoms with Gasteiger partial charge in [-0.25, -0.2) is 4.98 Å². The Balaban J connectivity index is 2.29. The number of hydrogen-bond donors (Lipinski definition) is 1. The fraction of sp³-hybridized carbons (Fsp3) is 0.812. The Kier molecular flexibility index (Phi) is 5.02. The van der Waals surface area contributed by atoms with E-state index in [1.165, 1.54) is 42.8 Å². The van der Waals surface area contributed by atoms with Gasteiger partial charge in [0.05, 0.1) is 11.2 Å². The van der Waals surface area contributed by atoms with Crippen LogP contribution in [0.2, 0.25) is 0 Å². The van der Waals surface area contributed by atoms with E-state index in [2.05, 4.69) is 33.0 Å². The number of nitrogens with zero attached hydrogens (tertiary/aromatic N) is 1. The van der Waals surface area contributed by atoms with Crippen LogP contribution in [0.1, 0.15) is 69.0 Å². The molecular weight excluding hydrogens is 252 g/mol. The molecule has 1 heterocycles. The van der Waals surface area contributed by atoms with Crippen LogP contribution in [-0.4, -0.2) is 11.5 Å². The third-order valence-electron chi connectivity index (χ3n) is 4.52. The Morgan fingerprint density at radius 3 is 2.68 bits per heavy atom. The smallest absolute Gasteiger partial charge is 0.113 e. The molecule has 3 heteroatoms. The minimum absolute atomic E-state index is 0.110. The molecule has 0 radical (unpaired) electrons. The molecule has 0 saturated carbocycles. The Labute approximate surface area is 122 Å². The van der Waals surface area contributed by atoms with E-state index in [0.717, 1.165) is 18.9 Å². The van der Waals surface area contributed by atoms with Crippen molar-refractivity contribution in [2.75, 3.05) is 6.54 Å². The molecule has 19 heavy (non-hydrogen) atoms. The first-order chi connectivity index (χ1) is 9.15. The fourth-order valence-corrected chi connectivity index (χ4v) is 4.52. The number of aromatic nitrogens is 1. The Hall–Kier alpha value is -0.410. The van der Waals surface area contributed by atoms with Crippen molar-refractivity contribution < 1.29 is 0 Å². The molecule has 0 amide bonds. The van der Waals surface area contributed by atoms with Crippen molar-refractivity contribution >= 4 is 11.3 Å². The topological polar surface area (TPSA) is 24.9 Å². The van der Waals surface area contributed by atoms with Gasteiger partial charge in [0, 0.05) is 4.88 Å². The molecule has 1 aliphatic carbocycles. The molecule has 0 aromatic carbocycles. The first kappa shape index (κ1) is 15.0. The van der Waals surface area contributed by atoms with Crippen LogP contribution in [0.25, 0.3) is 0 Å². The van der Waals surface area contributed by atoms with Gasteiger partial charge in [-0.3, -0.25) is 0 Å². The zero-order valence-electron chi connectivity index (χ0n) is 12.9. The van der Waals surface area contributed by atoms with E-state index in [0.29, 0.717) is 0 Å². The summed E-state index contributed by atoms with van der Waals surface area (Å²) in [5, 5.41) is 5.11. The molecule has 1 aromatic heterocycles. The van der Waals surface area contributed by atoms with Crippen molar-refractivity contribution in [3.8, 4) is 0 Å². The average Bonchev–Trinajstić information content (AvgIpc) is 2.98. The Morgan fingerprint density at radius 2 is 2.11 bits per heavy atom. The number of aryl methyl sites for hydroxylation is 2. The summed E-state index contributed by atoms with van der Waals surface area (Å²) in [4.78, 5) is 6.55. The second-order valence-corrected chi connectivity index (χ2v) is 7.01. The van der Waals surface area contributed by atoms with Crippen LogP contribution < -0.4 is 5.32 Å². The minimum atomic E-state index is 0.110. The van der Waals surface area contributed by atoms with Gasteiger partial charge in [0.1, 0.15) is 5.01 Å². The molecule has 2 atom stereocenters. The molecule has 2 unspecified atom stereocenters. The number of rotatable bonds is 7. The van der Waals surface area contributed by atoms with Gasteiger partial charge in [0.25, 0.3) is 0 Å². The molecule has 1 N–H and O–H groups in total. The predicted octanol–water partition coefficient (Wildman–Crippen LogP) is 4.28. The largest absolute Gasteiger partial charge is 0.306 e. The number of hydrogen-bond acceptors (Lipinski definition) is 3. The van der Waals surface area contributed by atoms with Gasteiger partial charge < -0.3 is 5.32 Å². The lowest BCUT2D eigenvalue weighted by Crippen LogP contribution is -2.43. The SMILES string of the molecule is CCNC(CC)(CC(C)CC)c1nc2c(s1)CCC2. The predicted molar refractivity (Wildman–Crippen MR) is 83.9 cm³/mol. The summed E-state index contributed by atoms with van der Waals surface area (Å²) < 4.78 is 0. The second kappa shape index (κ2) is 6.36. The molecule has 108 valence electrons. The number of nitrogens with one attached hydrogen (secondary N) is 1. The van der Waals surface area contributed by atoms with Gasteiger partial charge in [-0.2, -0.15) is 0 Å². The third kappa shape index (κ3) is 3.03. The number of thiazole rings is 1. The van der Waals surface area contributed by atoms with E-state index in [1.807, 2.05) is 11.3 Å². The quantitative estimate of drug-likeness (QED) is 0.806. The lowest BCUT2D eigenvalue weighted by molar-refractivity contribution is 0.253. The zero-order chi connectivity index (χ0) is 13.9. The maximum Gasteiger partial charge on any atom is 0.113 e. The third-order valence-corrected chi connectivity index (χ3v) is 5.88. The van der Waals surface area contributed by atoms with Gasteiger partial charge in [-0.15, -0.1) is 11.3 Å². The van der Waals surface area contributed by atoms with E-state index in [-0.39, 0.29) is 5.54 Å². The summed E-state index contributed by atoms with van der Waals surface area (Å²) in [7, 11) is 0. The van der Waals surface area contributed by atoms with Crippen molar-refractivity contribution in [1.29, 1.82) is 0 Å². The summed E-state index contributed by atoms with van der Waals surface area (Å²) in [5.74, 6) is 0.748. The van der Waals surface area contributed by atoms with Crippen molar-refractivity contribution in [2.24, 2.45) is 5.92 Å². The summed E-state index contributed by atoms with van der Waals surface area (Å²) in [6, 6.07) is 0. The molecule has 2 rings (SSSR count). The standard InChI is InChI=1S/C16H28N2S/c1-5-12(4)11-16(6-2,17-7-3)15-18-13-9-8-10-14(13)19-15/h12,17H,5-11H2,1-4H3. The highest BCUT2D eigenvalue weighted by Gasteiger charge is 2.35. The molecule has 0 fully saturated rings. The van der Waals surface area contributed by atoms with Gasteiger partial charge in [0.2, 0.25) is 0 Å². The van der Waals surface area contributed by atoms with Crippen molar-refractivity contribution in [1.82, 2.24) is 10.3 Å². The molecule has 1 aliphatic rings.